The maximum absolute atomic E-state index is 13.7. The molecule has 0 radical (unpaired) electrons. The lowest BCUT2D eigenvalue weighted by Crippen LogP contribution is -2.59. The Morgan fingerprint density at radius 3 is 1.73 bits per heavy atom. The van der Waals surface area contributed by atoms with E-state index in [1.165, 1.54) is 58.7 Å². The Labute approximate surface area is 242 Å². The number of rotatable bonds is 6. The molecule has 4 nitrogen and oxygen atoms in total. The summed E-state index contributed by atoms with van der Waals surface area (Å²) in [6, 6.07) is 25.9. The molecule has 4 heteroatoms. The summed E-state index contributed by atoms with van der Waals surface area (Å²) in [5.74, 6) is -0.442. The van der Waals surface area contributed by atoms with Gasteiger partial charge in [-0.15, -0.1) is 0 Å². The Balaban J connectivity index is 1.65. The lowest BCUT2D eigenvalue weighted by Gasteiger charge is -2.59. The third kappa shape index (κ3) is 3.28. The number of hydrogen-bond acceptors (Lipinski definition) is 4. The molecule has 1 atom stereocenters. The van der Waals surface area contributed by atoms with Crippen LogP contribution in [0.4, 0.5) is 0 Å². The first-order valence-electron chi connectivity index (χ1n) is 14.9. The first kappa shape index (κ1) is 26.0. The number of carbonyl (C=O) groups is 2. The predicted octanol–water partition coefficient (Wildman–Crippen LogP) is 7.69. The summed E-state index contributed by atoms with van der Waals surface area (Å²) in [7, 11) is 2.98. The number of esters is 2. The average molecular weight is 545 g/mol. The predicted molar refractivity (Wildman–Crippen MR) is 160 cm³/mol. The highest BCUT2D eigenvalue weighted by Crippen LogP contribution is 2.74. The lowest BCUT2D eigenvalue weighted by molar-refractivity contribution is -0.145. The van der Waals surface area contributed by atoms with Crippen LogP contribution in [-0.2, 0) is 29.9 Å². The third-order valence-corrected chi connectivity index (χ3v) is 10.8. The molecular weight excluding hydrogens is 508 g/mol. The van der Waals surface area contributed by atoms with Crippen molar-refractivity contribution >= 4 is 17.5 Å². The molecule has 0 saturated heterocycles. The number of methoxy groups -OCH3 is 2. The van der Waals surface area contributed by atoms with E-state index in [2.05, 4.69) is 84.9 Å². The van der Waals surface area contributed by atoms with E-state index in [0.29, 0.717) is 0 Å². The Bertz CT molecular complexity index is 1570. The third-order valence-electron chi connectivity index (χ3n) is 10.8. The Morgan fingerprint density at radius 2 is 1.17 bits per heavy atom. The van der Waals surface area contributed by atoms with Crippen LogP contribution in [0.15, 0.2) is 90.5 Å². The summed E-state index contributed by atoms with van der Waals surface area (Å²) in [6.07, 6.45) is 10.8. The molecular formula is C37H36O4. The molecule has 0 bridgehead atoms. The van der Waals surface area contributed by atoms with Crippen LogP contribution < -0.4 is 0 Å². The molecule has 0 aliphatic heterocycles. The summed E-state index contributed by atoms with van der Waals surface area (Å²) in [5, 5.41) is 0. The summed E-state index contributed by atoms with van der Waals surface area (Å²) >= 11 is 0. The molecule has 1 saturated carbocycles. The van der Waals surface area contributed by atoms with Gasteiger partial charge < -0.3 is 9.47 Å². The van der Waals surface area contributed by atoms with Crippen molar-refractivity contribution in [3.63, 3.8) is 0 Å². The van der Waals surface area contributed by atoms with E-state index in [0.717, 1.165) is 38.5 Å². The fraction of sp³-hybridized carbons (Fsp3) is 0.351. The average Bonchev–Trinajstić information content (AvgIpc) is 3.71. The first-order valence-corrected chi connectivity index (χ1v) is 14.9. The van der Waals surface area contributed by atoms with Gasteiger partial charge in [-0.25, -0.2) is 0 Å². The molecule has 0 heterocycles. The molecule has 0 amide bonds. The van der Waals surface area contributed by atoms with Crippen molar-refractivity contribution < 1.29 is 19.1 Å². The number of fused-ring (bicyclic) bond motifs is 5. The van der Waals surface area contributed by atoms with Crippen molar-refractivity contribution in [3.05, 3.63) is 113 Å². The molecule has 4 aliphatic rings. The van der Waals surface area contributed by atoms with Gasteiger partial charge in [-0.1, -0.05) is 97.8 Å². The zero-order valence-corrected chi connectivity index (χ0v) is 23.9. The summed E-state index contributed by atoms with van der Waals surface area (Å²) < 4.78 is 11.0. The number of carbonyl (C=O) groups excluding carboxylic acids is 2. The smallest absolute Gasteiger partial charge is 0.306 e. The second-order valence-electron chi connectivity index (χ2n) is 12.1. The molecule has 208 valence electrons. The fourth-order valence-electron chi connectivity index (χ4n) is 9.46. The van der Waals surface area contributed by atoms with Crippen molar-refractivity contribution in [2.24, 2.45) is 5.41 Å². The van der Waals surface area contributed by atoms with Gasteiger partial charge >= 0.3 is 11.9 Å². The standard InChI is InChI=1S/C37H36O4/c1-40-33(38)23-36(29-17-7-3-13-25(29)26-14-4-8-18-30(26)36)35(21-11-12-22-35)37(24-34(39)41-2)31-19-9-5-15-27(31)28-16-6-10-20-32(28)37/h3-5,7-10,13-15,17-20H,6,11-12,16,21-24H2,1-2H3. The maximum Gasteiger partial charge on any atom is 0.306 e. The molecule has 0 aromatic heterocycles. The highest BCUT2D eigenvalue weighted by molar-refractivity contribution is 5.90. The van der Waals surface area contributed by atoms with Gasteiger partial charge in [0.15, 0.2) is 0 Å². The molecule has 0 spiro atoms. The Hall–Kier alpha value is -3.92. The maximum atomic E-state index is 13.7. The van der Waals surface area contributed by atoms with Crippen LogP contribution >= 0.6 is 0 Å². The van der Waals surface area contributed by atoms with Crippen LogP contribution in [0.1, 0.15) is 73.6 Å². The van der Waals surface area contributed by atoms with Crippen molar-refractivity contribution in [3.8, 4) is 11.1 Å². The molecule has 3 aromatic rings. The van der Waals surface area contributed by atoms with Crippen LogP contribution in [0.25, 0.3) is 16.7 Å². The molecule has 1 fully saturated rings. The lowest BCUT2D eigenvalue weighted by atomic mass is 9.42. The topological polar surface area (TPSA) is 52.6 Å². The minimum Gasteiger partial charge on any atom is -0.469 e. The minimum absolute atomic E-state index is 0.216. The van der Waals surface area contributed by atoms with Crippen LogP contribution in [-0.4, -0.2) is 26.2 Å². The van der Waals surface area contributed by atoms with Crippen molar-refractivity contribution in [2.45, 2.75) is 62.2 Å². The van der Waals surface area contributed by atoms with Crippen molar-refractivity contribution in [1.29, 1.82) is 0 Å². The van der Waals surface area contributed by atoms with E-state index >= 15 is 0 Å². The van der Waals surface area contributed by atoms with E-state index < -0.39 is 16.2 Å². The van der Waals surface area contributed by atoms with Gasteiger partial charge in [0.05, 0.1) is 27.1 Å². The van der Waals surface area contributed by atoms with Gasteiger partial charge in [0.1, 0.15) is 0 Å². The first-order chi connectivity index (χ1) is 20.0. The van der Waals surface area contributed by atoms with Gasteiger partial charge in [-0.2, -0.15) is 0 Å². The van der Waals surface area contributed by atoms with E-state index in [9.17, 15) is 9.59 Å². The number of benzene rings is 3. The molecule has 7 rings (SSSR count). The molecule has 41 heavy (non-hydrogen) atoms. The highest BCUT2D eigenvalue weighted by Gasteiger charge is 2.70. The van der Waals surface area contributed by atoms with Crippen molar-refractivity contribution in [2.75, 3.05) is 14.2 Å². The fourth-order valence-corrected chi connectivity index (χ4v) is 9.46. The zero-order chi connectivity index (χ0) is 28.2. The van der Waals surface area contributed by atoms with Crippen molar-refractivity contribution in [1.82, 2.24) is 0 Å². The monoisotopic (exact) mass is 544 g/mol. The van der Waals surface area contributed by atoms with Gasteiger partial charge in [-0.05, 0) is 75.6 Å². The van der Waals surface area contributed by atoms with E-state index in [1.54, 1.807) is 0 Å². The normalized spacial score (nSPS) is 22.5. The summed E-state index contributed by atoms with van der Waals surface area (Å²) in [5.41, 5.74) is 7.86. The Morgan fingerprint density at radius 1 is 0.683 bits per heavy atom. The Kier molecular flexibility index (Phi) is 6.08. The number of hydrogen-bond donors (Lipinski definition) is 0. The molecule has 3 aromatic carbocycles. The number of allylic oxidation sites excluding steroid dienone is 4. The summed E-state index contributed by atoms with van der Waals surface area (Å²) in [6.45, 7) is 0. The molecule has 0 N–H and O–H groups in total. The molecule has 4 aliphatic carbocycles. The van der Waals surface area contributed by atoms with Crippen LogP contribution in [0.3, 0.4) is 0 Å². The summed E-state index contributed by atoms with van der Waals surface area (Å²) in [4.78, 5) is 27.4. The van der Waals surface area contributed by atoms with Crippen LogP contribution in [0, 0.1) is 5.41 Å². The second-order valence-corrected chi connectivity index (χ2v) is 12.1. The highest BCUT2D eigenvalue weighted by atomic mass is 16.5. The zero-order valence-electron chi connectivity index (χ0n) is 23.9. The van der Waals surface area contributed by atoms with Gasteiger partial charge in [-0.3, -0.25) is 9.59 Å². The largest absolute Gasteiger partial charge is 0.469 e. The SMILES string of the molecule is COC(=O)CC1(C2(C3(CC(=O)OC)c4ccccc4-c4ccccc43)CCCC2)C2=C(CCC=C2)c2ccccc21. The molecule has 1 unspecified atom stereocenters. The van der Waals surface area contributed by atoms with Gasteiger partial charge in [0.2, 0.25) is 0 Å². The minimum atomic E-state index is -0.696. The van der Waals surface area contributed by atoms with Crippen LogP contribution in [0.2, 0.25) is 0 Å². The van der Waals surface area contributed by atoms with Crippen LogP contribution in [0.5, 0.6) is 0 Å². The quantitative estimate of drug-likeness (QED) is 0.299. The van der Waals surface area contributed by atoms with E-state index in [-0.39, 0.29) is 24.8 Å². The van der Waals surface area contributed by atoms with E-state index in [4.69, 9.17) is 9.47 Å². The van der Waals surface area contributed by atoms with Gasteiger partial charge in [0, 0.05) is 10.8 Å². The second kappa shape index (κ2) is 9.58. The number of ether oxygens (including phenoxy) is 2. The van der Waals surface area contributed by atoms with E-state index in [1.807, 2.05) is 0 Å². The van der Waals surface area contributed by atoms with Gasteiger partial charge in [0.25, 0.3) is 0 Å².